The lowest BCUT2D eigenvalue weighted by atomic mass is 10.1. The van der Waals surface area contributed by atoms with E-state index < -0.39 is 8.32 Å². The van der Waals surface area contributed by atoms with E-state index in [1.54, 1.807) is 6.26 Å². The number of hydrogen-bond donors (Lipinski definition) is 0. The summed E-state index contributed by atoms with van der Waals surface area (Å²) in [5.74, 6) is 0. The van der Waals surface area contributed by atoms with Gasteiger partial charge in [0.05, 0.1) is 17.9 Å². The standard InChI is InChI=1S/C13H17NOSi/c1-16(2,3)15-9-5-8-12-6-4-7-13(10-12)11-14/h4-7,9-10H,8H2,1-3H3/b9-5+. The van der Waals surface area contributed by atoms with Gasteiger partial charge in [-0.3, -0.25) is 0 Å². The second-order valence-electron chi connectivity index (χ2n) is 4.62. The molecule has 0 saturated heterocycles. The SMILES string of the molecule is C[Si](C)(C)O/C=C/Cc1cccc(C#N)c1. The Labute approximate surface area is 98.3 Å². The van der Waals surface area contributed by atoms with E-state index in [1.807, 2.05) is 30.3 Å². The van der Waals surface area contributed by atoms with E-state index in [9.17, 15) is 0 Å². The van der Waals surface area contributed by atoms with Crippen LogP contribution in [-0.4, -0.2) is 8.32 Å². The lowest BCUT2D eigenvalue weighted by Gasteiger charge is -2.14. The molecule has 1 aromatic carbocycles. The summed E-state index contributed by atoms with van der Waals surface area (Å²) < 4.78 is 5.60. The van der Waals surface area contributed by atoms with Crippen LogP contribution in [0.5, 0.6) is 0 Å². The van der Waals surface area contributed by atoms with Gasteiger partial charge in [0.15, 0.2) is 0 Å². The Bertz CT molecular complexity index is 413. The zero-order chi connectivity index (χ0) is 12.0. The molecule has 2 nitrogen and oxygen atoms in total. The molecule has 0 aliphatic heterocycles. The number of rotatable bonds is 4. The average Bonchev–Trinajstić information content (AvgIpc) is 2.23. The number of hydrogen-bond acceptors (Lipinski definition) is 2. The number of nitrogens with zero attached hydrogens (tertiary/aromatic N) is 1. The molecule has 0 atom stereocenters. The first kappa shape index (κ1) is 12.5. The number of nitriles is 1. The fourth-order valence-electron chi connectivity index (χ4n) is 1.20. The van der Waals surface area contributed by atoms with Gasteiger partial charge in [-0.25, -0.2) is 0 Å². The highest BCUT2D eigenvalue weighted by Gasteiger charge is 2.12. The molecule has 0 N–H and O–H groups in total. The summed E-state index contributed by atoms with van der Waals surface area (Å²) in [6.45, 7) is 6.44. The fourth-order valence-corrected chi connectivity index (χ4v) is 1.71. The number of allylic oxidation sites excluding steroid dienone is 1. The summed E-state index contributed by atoms with van der Waals surface area (Å²) in [5, 5.41) is 8.75. The highest BCUT2D eigenvalue weighted by Crippen LogP contribution is 2.07. The van der Waals surface area contributed by atoms with Crippen molar-refractivity contribution in [3.63, 3.8) is 0 Å². The van der Waals surface area contributed by atoms with Crippen molar-refractivity contribution in [1.82, 2.24) is 0 Å². The third-order valence-electron chi connectivity index (χ3n) is 1.93. The Hall–Kier alpha value is -1.53. The Morgan fingerprint density at radius 2 is 2.12 bits per heavy atom. The van der Waals surface area contributed by atoms with Crippen molar-refractivity contribution in [2.45, 2.75) is 26.1 Å². The first-order chi connectivity index (χ1) is 7.51. The van der Waals surface area contributed by atoms with Crippen molar-refractivity contribution in [3.05, 3.63) is 47.7 Å². The number of benzene rings is 1. The van der Waals surface area contributed by atoms with Gasteiger partial charge in [-0.2, -0.15) is 5.26 Å². The third-order valence-corrected chi connectivity index (χ3v) is 2.77. The van der Waals surface area contributed by atoms with Gasteiger partial charge in [0, 0.05) is 0 Å². The van der Waals surface area contributed by atoms with Crippen LogP contribution in [0.3, 0.4) is 0 Å². The van der Waals surface area contributed by atoms with Gasteiger partial charge in [0.25, 0.3) is 0 Å². The topological polar surface area (TPSA) is 33.0 Å². The molecular formula is C13H17NOSi. The van der Waals surface area contributed by atoms with E-state index in [0.717, 1.165) is 12.0 Å². The maximum Gasteiger partial charge on any atom is 0.241 e. The van der Waals surface area contributed by atoms with Crippen LogP contribution in [0.4, 0.5) is 0 Å². The molecule has 0 aliphatic carbocycles. The van der Waals surface area contributed by atoms with E-state index in [2.05, 4.69) is 25.7 Å². The molecule has 0 heterocycles. The molecule has 0 aromatic heterocycles. The fraction of sp³-hybridized carbons (Fsp3) is 0.308. The summed E-state index contributed by atoms with van der Waals surface area (Å²) in [6, 6.07) is 9.76. The second-order valence-corrected chi connectivity index (χ2v) is 9.08. The van der Waals surface area contributed by atoms with Crippen molar-refractivity contribution in [2.24, 2.45) is 0 Å². The molecule has 0 fully saturated rings. The average molecular weight is 231 g/mol. The van der Waals surface area contributed by atoms with Crippen molar-refractivity contribution in [2.75, 3.05) is 0 Å². The summed E-state index contributed by atoms with van der Waals surface area (Å²) in [4.78, 5) is 0. The van der Waals surface area contributed by atoms with Gasteiger partial charge in [0.2, 0.25) is 8.32 Å². The van der Waals surface area contributed by atoms with Gasteiger partial charge in [-0.15, -0.1) is 0 Å². The predicted octanol–water partition coefficient (Wildman–Crippen LogP) is 3.47. The minimum atomic E-state index is -1.45. The van der Waals surface area contributed by atoms with Gasteiger partial charge in [-0.1, -0.05) is 12.1 Å². The van der Waals surface area contributed by atoms with Crippen LogP contribution in [0.2, 0.25) is 19.6 Å². The normalized spacial score (nSPS) is 11.4. The van der Waals surface area contributed by atoms with Crippen LogP contribution < -0.4 is 0 Å². The zero-order valence-corrected chi connectivity index (χ0v) is 11.0. The Morgan fingerprint density at radius 1 is 1.38 bits per heavy atom. The monoisotopic (exact) mass is 231 g/mol. The van der Waals surface area contributed by atoms with Crippen molar-refractivity contribution < 1.29 is 4.43 Å². The predicted molar refractivity (Wildman–Crippen MR) is 68.4 cm³/mol. The highest BCUT2D eigenvalue weighted by molar-refractivity contribution is 6.69. The molecule has 0 amide bonds. The van der Waals surface area contributed by atoms with Crippen molar-refractivity contribution in [1.29, 1.82) is 5.26 Å². The molecule has 0 saturated carbocycles. The van der Waals surface area contributed by atoms with E-state index in [-0.39, 0.29) is 0 Å². The van der Waals surface area contributed by atoms with E-state index in [1.165, 1.54) is 0 Å². The zero-order valence-electron chi connectivity index (χ0n) is 10.0. The lowest BCUT2D eigenvalue weighted by molar-refractivity contribution is 0.477. The molecule has 1 rings (SSSR count). The van der Waals surface area contributed by atoms with Gasteiger partial charge in [-0.05, 0) is 49.8 Å². The van der Waals surface area contributed by atoms with Crippen molar-refractivity contribution in [3.8, 4) is 6.07 Å². The van der Waals surface area contributed by atoms with E-state index in [0.29, 0.717) is 5.56 Å². The molecule has 1 aromatic rings. The van der Waals surface area contributed by atoms with Crippen LogP contribution in [0.15, 0.2) is 36.6 Å². The van der Waals surface area contributed by atoms with Crippen LogP contribution in [-0.2, 0) is 10.8 Å². The molecule has 0 aliphatic rings. The first-order valence-electron chi connectivity index (χ1n) is 5.33. The Balaban J connectivity index is 2.52. The van der Waals surface area contributed by atoms with E-state index >= 15 is 0 Å². The maximum absolute atomic E-state index is 8.75. The minimum Gasteiger partial charge on any atom is -0.550 e. The van der Waals surface area contributed by atoms with Gasteiger partial charge >= 0.3 is 0 Å². The lowest BCUT2D eigenvalue weighted by Crippen LogP contribution is -2.21. The molecule has 16 heavy (non-hydrogen) atoms. The molecular weight excluding hydrogens is 214 g/mol. The highest BCUT2D eigenvalue weighted by atomic mass is 28.4. The molecule has 3 heteroatoms. The summed E-state index contributed by atoms with van der Waals surface area (Å²) in [5.41, 5.74) is 1.84. The largest absolute Gasteiger partial charge is 0.550 e. The minimum absolute atomic E-state index is 0.706. The third kappa shape index (κ3) is 4.81. The Morgan fingerprint density at radius 3 is 2.75 bits per heavy atom. The smallest absolute Gasteiger partial charge is 0.241 e. The first-order valence-corrected chi connectivity index (χ1v) is 8.74. The molecule has 0 unspecified atom stereocenters. The van der Waals surface area contributed by atoms with Gasteiger partial charge < -0.3 is 4.43 Å². The van der Waals surface area contributed by atoms with Crippen LogP contribution >= 0.6 is 0 Å². The Kier molecular flexibility index (Phi) is 4.33. The molecule has 0 bridgehead atoms. The van der Waals surface area contributed by atoms with Crippen LogP contribution in [0.25, 0.3) is 0 Å². The van der Waals surface area contributed by atoms with Crippen molar-refractivity contribution >= 4 is 8.32 Å². The maximum atomic E-state index is 8.75. The quantitative estimate of drug-likeness (QED) is 0.587. The molecule has 0 radical (unpaired) electrons. The van der Waals surface area contributed by atoms with E-state index in [4.69, 9.17) is 9.69 Å². The second kappa shape index (κ2) is 5.52. The summed E-state index contributed by atoms with van der Waals surface area (Å²) in [7, 11) is -1.45. The molecule has 84 valence electrons. The van der Waals surface area contributed by atoms with Crippen LogP contribution in [0.1, 0.15) is 11.1 Å². The summed E-state index contributed by atoms with van der Waals surface area (Å²) >= 11 is 0. The molecule has 0 spiro atoms. The van der Waals surface area contributed by atoms with Crippen LogP contribution in [0, 0.1) is 11.3 Å². The summed E-state index contributed by atoms with van der Waals surface area (Å²) in [6.07, 6.45) is 4.58. The van der Waals surface area contributed by atoms with Gasteiger partial charge in [0.1, 0.15) is 0 Å².